The number of amides is 1. The molecule has 2 aromatic carbocycles. The fraction of sp³-hybridized carbons (Fsp3) is 0.188. The highest BCUT2D eigenvalue weighted by Crippen LogP contribution is 2.17. The van der Waals surface area contributed by atoms with Gasteiger partial charge in [0.1, 0.15) is 23.7 Å². The van der Waals surface area contributed by atoms with Crippen molar-refractivity contribution in [2.75, 3.05) is 6.61 Å². The summed E-state index contributed by atoms with van der Waals surface area (Å²) < 4.78 is 18.4. The summed E-state index contributed by atoms with van der Waals surface area (Å²) in [6, 6.07) is 10.9. The predicted octanol–water partition coefficient (Wildman–Crippen LogP) is 2.93. The Morgan fingerprint density at radius 3 is 2.74 bits per heavy atom. The number of nitro benzene ring substituents is 1. The first-order valence-electron chi connectivity index (χ1n) is 6.90. The standard InChI is InChI=1S/C16H15FN2O4/c1-11(10-23-13-6-4-5-12(17)9-13)18-16(20)14-7-2-3-8-15(14)19(21)22/h2-9,11H,10H2,1H3,(H,18,20). The Morgan fingerprint density at radius 2 is 2.04 bits per heavy atom. The number of carbonyl (C=O) groups is 1. The summed E-state index contributed by atoms with van der Waals surface area (Å²) in [6.07, 6.45) is 0. The van der Waals surface area contributed by atoms with Crippen molar-refractivity contribution < 1.29 is 18.8 Å². The first-order valence-corrected chi connectivity index (χ1v) is 6.90. The van der Waals surface area contributed by atoms with E-state index in [9.17, 15) is 19.3 Å². The molecule has 0 aromatic heterocycles. The summed E-state index contributed by atoms with van der Waals surface area (Å²) >= 11 is 0. The number of nitro groups is 1. The van der Waals surface area contributed by atoms with E-state index in [4.69, 9.17) is 4.74 Å². The van der Waals surface area contributed by atoms with Crippen molar-refractivity contribution in [3.05, 3.63) is 70.0 Å². The van der Waals surface area contributed by atoms with Crippen LogP contribution in [0, 0.1) is 15.9 Å². The Balaban J connectivity index is 1.96. The van der Waals surface area contributed by atoms with Gasteiger partial charge in [-0.25, -0.2) is 4.39 Å². The van der Waals surface area contributed by atoms with Gasteiger partial charge in [0, 0.05) is 12.1 Å². The molecule has 0 aliphatic rings. The van der Waals surface area contributed by atoms with E-state index in [0.717, 1.165) is 0 Å². The lowest BCUT2D eigenvalue weighted by molar-refractivity contribution is -0.385. The van der Waals surface area contributed by atoms with Crippen LogP contribution in [0.5, 0.6) is 5.75 Å². The summed E-state index contributed by atoms with van der Waals surface area (Å²) in [6.45, 7) is 1.79. The van der Waals surface area contributed by atoms with Crippen molar-refractivity contribution in [2.24, 2.45) is 0 Å². The van der Waals surface area contributed by atoms with Gasteiger partial charge < -0.3 is 10.1 Å². The van der Waals surface area contributed by atoms with Gasteiger partial charge in [0.15, 0.2) is 0 Å². The molecule has 0 aliphatic heterocycles. The molecular formula is C16H15FN2O4. The van der Waals surface area contributed by atoms with E-state index in [2.05, 4.69) is 5.32 Å². The van der Waals surface area contributed by atoms with E-state index >= 15 is 0 Å². The topological polar surface area (TPSA) is 81.5 Å². The number of halogens is 1. The molecule has 1 amide bonds. The van der Waals surface area contributed by atoms with Crippen molar-refractivity contribution in [1.29, 1.82) is 0 Å². The SMILES string of the molecule is CC(COc1cccc(F)c1)NC(=O)c1ccccc1[N+](=O)[O-]. The lowest BCUT2D eigenvalue weighted by atomic mass is 10.1. The number of carbonyl (C=O) groups excluding carboxylic acids is 1. The maximum Gasteiger partial charge on any atom is 0.282 e. The van der Waals surface area contributed by atoms with E-state index in [-0.39, 0.29) is 17.9 Å². The second kappa shape index (κ2) is 7.35. The number of ether oxygens (including phenoxy) is 1. The molecule has 2 rings (SSSR count). The number of para-hydroxylation sites is 1. The van der Waals surface area contributed by atoms with Crippen LogP contribution < -0.4 is 10.1 Å². The third kappa shape index (κ3) is 4.50. The van der Waals surface area contributed by atoms with Crippen LogP contribution in [-0.2, 0) is 0 Å². The second-order valence-corrected chi connectivity index (χ2v) is 4.92. The number of rotatable bonds is 6. The highest BCUT2D eigenvalue weighted by Gasteiger charge is 2.20. The average Bonchev–Trinajstić information content (AvgIpc) is 2.53. The zero-order valence-electron chi connectivity index (χ0n) is 12.4. The van der Waals surface area contributed by atoms with Crippen LogP contribution in [0.2, 0.25) is 0 Å². The number of nitrogens with one attached hydrogen (secondary N) is 1. The van der Waals surface area contributed by atoms with E-state index in [1.165, 1.54) is 36.4 Å². The summed E-state index contributed by atoms with van der Waals surface area (Å²) in [4.78, 5) is 22.4. The highest BCUT2D eigenvalue weighted by atomic mass is 19.1. The smallest absolute Gasteiger partial charge is 0.282 e. The summed E-state index contributed by atoms with van der Waals surface area (Å²) in [5, 5.41) is 13.5. The molecule has 2 aromatic rings. The van der Waals surface area contributed by atoms with Gasteiger partial charge in [-0.3, -0.25) is 14.9 Å². The van der Waals surface area contributed by atoms with Crippen LogP contribution in [0.15, 0.2) is 48.5 Å². The molecule has 0 saturated carbocycles. The molecule has 0 fully saturated rings. The lowest BCUT2D eigenvalue weighted by Crippen LogP contribution is -2.37. The molecule has 0 aliphatic carbocycles. The van der Waals surface area contributed by atoms with E-state index < -0.39 is 22.7 Å². The molecule has 1 unspecified atom stereocenters. The molecule has 1 N–H and O–H groups in total. The minimum Gasteiger partial charge on any atom is -0.491 e. The lowest BCUT2D eigenvalue weighted by Gasteiger charge is -2.15. The molecule has 0 saturated heterocycles. The van der Waals surface area contributed by atoms with Gasteiger partial charge in [-0.15, -0.1) is 0 Å². The van der Waals surface area contributed by atoms with Crippen LogP contribution in [0.1, 0.15) is 17.3 Å². The van der Waals surface area contributed by atoms with Crippen molar-refractivity contribution in [3.63, 3.8) is 0 Å². The molecule has 7 heteroatoms. The first kappa shape index (κ1) is 16.4. The van der Waals surface area contributed by atoms with Gasteiger partial charge in [0.2, 0.25) is 0 Å². The Morgan fingerprint density at radius 1 is 1.30 bits per heavy atom. The predicted molar refractivity (Wildman–Crippen MR) is 81.9 cm³/mol. The fourth-order valence-corrected chi connectivity index (χ4v) is 1.95. The molecule has 0 radical (unpaired) electrons. The van der Waals surface area contributed by atoms with E-state index in [0.29, 0.717) is 5.75 Å². The summed E-state index contributed by atoms with van der Waals surface area (Å²) in [5.74, 6) is -0.636. The second-order valence-electron chi connectivity index (χ2n) is 4.92. The van der Waals surface area contributed by atoms with Gasteiger partial charge in [-0.1, -0.05) is 18.2 Å². The van der Waals surface area contributed by atoms with Gasteiger partial charge in [-0.2, -0.15) is 0 Å². The zero-order valence-corrected chi connectivity index (χ0v) is 12.4. The quantitative estimate of drug-likeness (QED) is 0.656. The van der Waals surface area contributed by atoms with Crippen molar-refractivity contribution in [1.82, 2.24) is 5.32 Å². The fourth-order valence-electron chi connectivity index (χ4n) is 1.95. The van der Waals surface area contributed by atoms with Gasteiger partial charge in [0.05, 0.1) is 11.0 Å². The van der Waals surface area contributed by atoms with E-state index in [1.807, 2.05) is 0 Å². The van der Waals surface area contributed by atoms with Gasteiger partial charge >= 0.3 is 0 Å². The molecule has 120 valence electrons. The maximum atomic E-state index is 13.0. The first-order chi connectivity index (χ1) is 11.0. The molecule has 6 nitrogen and oxygen atoms in total. The average molecular weight is 318 g/mol. The molecule has 0 spiro atoms. The molecule has 1 atom stereocenters. The molecule has 23 heavy (non-hydrogen) atoms. The number of nitrogens with zero attached hydrogens (tertiary/aromatic N) is 1. The van der Waals surface area contributed by atoms with Crippen LogP contribution in [0.25, 0.3) is 0 Å². The highest BCUT2D eigenvalue weighted by molar-refractivity contribution is 5.98. The van der Waals surface area contributed by atoms with Crippen LogP contribution in [-0.4, -0.2) is 23.5 Å². The van der Waals surface area contributed by atoms with Gasteiger partial charge in [0.25, 0.3) is 11.6 Å². The summed E-state index contributed by atoms with van der Waals surface area (Å²) in [5.41, 5.74) is -0.279. The molecule has 0 bridgehead atoms. The van der Waals surface area contributed by atoms with Crippen molar-refractivity contribution >= 4 is 11.6 Å². The minimum absolute atomic E-state index is 0.0184. The molecule has 0 heterocycles. The van der Waals surface area contributed by atoms with E-state index in [1.54, 1.807) is 19.1 Å². The monoisotopic (exact) mass is 318 g/mol. The normalized spacial score (nSPS) is 11.6. The van der Waals surface area contributed by atoms with Gasteiger partial charge in [-0.05, 0) is 25.1 Å². The Hall–Kier alpha value is -2.96. The van der Waals surface area contributed by atoms with Crippen LogP contribution in [0.3, 0.4) is 0 Å². The third-order valence-electron chi connectivity index (χ3n) is 3.02. The Kier molecular flexibility index (Phi) is 5.24. The van der Waals surface area contributed by atoms with Crippen molar-refractivity contribution in [3.8, 4) is 5.75 Å². The number of benzene rings is 2. The maximum absolute atomic E-state index is 13.0. The van der Waals surface area contributed by atoms with Crippen LogP contribution >= 0.6 is 0 Å². The number of hydrogen-bond donors (Lipinski definition) is 1. The zero-order chi connectivity index (χ0) is 16.8. The largest absolute Gasteiger partial charge is 0.491 e. The van der Waals surface area contributed by atoms with Crippen LogP contribution in [0.4, 0.5) is 10.1 Å². The van der Waals surface area contributed by atoms with Crippen molar-refractivity contribution in [2.45, 2.75) is 13.0 Å². The number of hydrogen-bond acceptors (Lipinski definition) is 4. The summed E-state index contributed by atoms with van der Waals surface area (Å²) in [7, 11) is 0. The Bertz CT molecular complexity index is 721. The molecular weight excluding hydrogens is 303 g/mol. The minimum atomic E-state index is -0.608. The Labute approximate surface area is 132 Å². The third-order valence-corrected chi connectivity index (χ3v) is 3.02.